The third kappa shape index (κ3) is 3.99. The van der Waals surface area contributed by atoms with E-state index in [9.17, 15) is 4.79 Å². The summed E-state index contributed by atoms with van der Waals surface area (Å²) in [6, 6.07) is 16.8. The van der Waals surface area contributed by atoms with Crippen LogP contribution in [0.2, 0.25) is 0 Å². The van der Waals surface area contributed by atoms with Gasteiger partial charge in [-0.25, -0.2) is 5.43 Å². The molecule has 0 radical (unpaired) electrons. The van der Waals surface area contributed by atoms with E-state index in [2.05, 4.69) is 52.6 Å². The van der Waals surface area contributed by atoms with Gasteiger partial charge < -0.3 is 10.1 Å². The van der Waals surface area contributed by atoms with Crippen molar-refractivity contribution in [2.24, 2.45) is 5.92 Å². The number of carbonyl (C=O) groups excluding carboxylic acids is 1. The van der Waals surface area contributed by atoms with E-state index in [1.54, 1.807) is 7.11 Å². The molecule has 1 fully saturated rings. The zero-order valence-corrected chi connectivity index (χ0v) is 15.7. The minimum absolute atomic E-state index is 0.150. The van der Waals surface area contributed by atoms with Crippen LogP contribution in [-0.2, 0) is 11.2 Å². The van der Waals surface area contributed by atoms with E-state index in [0.717, 1.165) is 25.1 Å². The average Bonchev–Trinajstić information content (AvgIpc) is 3.34. The molecule has 3 N–H and O–H groups in total. The Bertz CT molecular complexity index is 790. The molecule has 3 unspecified atom stereocenters. The monoisotopic (exact) mass is 365 g/mol. The fourth-order valence-electron chi connectivity index (χ4n) is 4.29. The van der Waals surface area contributed by atoms with Gasteiger partial charge in [-0.05, 0) is 47.6 Å². The summed E-state index contributed by atoms with van der Waals surface area (Å²) in [5.41, 5.74) is 10.5. The van der Waals surface area contributed by atoms with Gasteiger partial charge in [-0.1, -0.05) is 36.4 Å². The zero-order valence-electron chi connectivity index (χ0n) is 15.7. The summed E-state index contributed by atoms with van der Waals surface area (Å²) < 4.78 is 5.23. The maximum absolute atomic E-state index is 12.5. The van der Waals surface area contributed by atoms with Crippen LogP contribution in [0, 0.1) is 5.92 Å². The second-order valence-electron chi connectivity index (χ2n) is 7.48. The smallest absolute Gasteiger partial charge is 0.220 e. The lowest BCUT2D eigenvalue weighted by atomic mass is 9.94. The topological polar surface area (TPSA) is 62.4 Å². The SMILES string of the molecule is COc1ccc(C2NNCC2CNC(=O)CC2CCc3ccccc32)cc1. The number of amides is 1. The Morgan fingerprint density at radius 1 is 1.19 bits per heavy atom. The van der Waals surface area contributed by atoms with Crippen LogP contribution in [-0.4, -0.2) is 26.1 Å². The van der Waals surface area contributed by atoms with E-state index in [1.165, 1.54) is 16.7 Å². The largest absolute Gasteiger partial charge is 0.497 e. The van der Waals surface area contributed by atoms with Crippen molar-refractivity contribution < 1.29 is 9.53 Å². The first-order valence-electron chi connectivity index (χ1n) is 9.71. The molecule has 0 saturated carbocycles. The number of benzene rings is 2. The van der Waals surface area contributed by atoms with Crippen LogP contribution < -0.4 is 20.9 Å². The lowest BCUT2D eigenvalue weighted by molar-refractivity contribution is -0.121. The van der Waals surface area contributed by atoms with E-state index in [1.807, 2.05) is 12.1 Å². The van der Waals surface area contributed by atoms with Crippen molar-refractivity contribution >= 4 is 5.91 Å². The van der Waals surface area contributed by atoms with Crippen LogP contribution in [0.5, 0.6) is 5.75 Å². The molecule has 0 spiro atoms. The van der Waals surface area contributed by atoms with Crippen LogP contribution in [0.15, 0.2) is 48.5 Å². The second kappa shape index (κ2) is 8.11. The third-order valence-corrected chi connectivity index (χ3v) is 5.82. The Hall–Kier alpha value is -2.37. The lowest BCUT2D eigenvalue weighted by Gasteiger charge is -2.20. The molecule has 3 atom stereocenters. The number of nitrogens with one attached hydrogen (secondary N) is 3. The number of methoxy groups -OCH3 is 1. The molecule has 142 valence electrons. The van der Waals surface area contributed by atoms with Crippen molar-refractivity contribution in [2.45, 2.75) is 31.2 Å². The lowest BCUT2D eigenvalue weighted by Crippen LogP contribution is -2.33. The first kappa shape index (κ1) is 18.0. The average molecular weight is 365 g/mol. The molecule has 2 aliphatic rings. The molecule has 0 bridgehead atoms. The van der Waals surface area contributed by atoms with E-state index >= 15 is 0 Å². The summed E-state index contributed by atoms with van der Waals surface area (Å²) >= 11 is 0. The summed E-state index contributed by atoms with van der Waals surface area (Å²) in [7, 11) is 1.67. The van der Waals surface area contributed by atoms with Gasteiger partial charge in [0, 0.05) is 25.4 Å². The number of hydrogen-bond acceptors (Lipinski definition) is 4. The number of aryl methyl sites for hydroxylation is 1. The number of carbonyl (C=O) groups is 1. The van der Waals surface area contributed by atoms with Crippen molar-refractivity contribution in [3.05, 3.63) is 65.2 Å². The maximum Gasteiger partial charge on any atom is 0.220 e. The van der Waals surface area contributed by atoms with Crippen molar-refractivity contribution in [3.63, 3.8) is 0 Å². The summed E-state index contributed by atoms with van der Waals surface area (Å²) in [5.74, 6) is 1.68. The minimum atomic E-state index is 0.150. The molecule has 2 aromatic rings. The van der Waals surface area contributed by atoms with E-state index in [-0.39, 0.29) is 11.9 Å². The van der Waals surface area contributed by atoms with E-state index in [0.29, 0.717) is 24.8 Å². The molecule has 1 aliphatic heterocycles. The number of rotatable bonds is 6. The highest BCUT2D eigenvalue weighted by Crippen LogP contribution is 2.35. The third-order valence-electron chi connectivity index (χ3n) is 5.82. The summed E-state index contributed by atoms with van der Waals surface area (Å²) in [6.45, 7) is 1.51. The molecule has 1 aliphatic carbocycles. The summed E-state index contributed by atoms with van der Waals surface area (Å²) in [4.78, 5) is 12.5. The molecular weight excluding hydrogens is 338 g/mol. The first-order chi connectivity index (χ1) is 13.2. The molecular formula is C22H27N3O2. The molecule has 1 amide bonds. The highest BCUT2D eigenvalue weighted by molar-refractivity contribution is 5.77. The fourth-order valence-corrected chi connectivity index (χ4v) is 4.29. The van der Waals surface area contributed by atoms with Crippen LogP contribution in [0.3, 0.4) is 0 Å². The van der Waals surface area contributed by atoms with E-state index < -0.39 is 0 Å². The van der Waals surface area contributed by atoms with Crippen LogP contribution in [0.25, 0.3) is 0 Å². The van der Waals surface area contributed by atoms with Crippen LogP contribution in [0.4, 0.5) is 0 Å². The van der Waals surface area contributed by atoms with Crippen molar-refractivity contribution in [1.29, 1.82) is 0 Å². The van der Waals surface area contributed by atoms with Gasteiger partial charge in [0.2, 0.25) is 5.91 Å². The van der Waals surface area contributed by atoms with Gasteiger partial charge >= 0.3 is 0 Å². The van der Waals surface area contributed by atoms with Gasteiger partial charge in [-0.15, -0.1) is 0 Å². The summed E-state index contributed by atoms with van der Waals surface area (Å²) in [6.07, 6.45) is 2.75. The van der Waals surface area contributed by atoms with Crippen molar-refractivity contribution in [3.8, 4) is 5.75 Å². The Balaban J connectivity index is 1.32. The maximum atomic E-state index is 12.5. The quantitative estimate of drug-likeness (QED) is 0.737. The molecule has 0 aromatic heterocycles. The van der Waals surface area contributed by atoms with Crippen molar-refractivity contribution in [2.75, 3.05) is 20.2 Å². The Kier molecular flexibility index (Phi) is 5.41. The molecule has 5 heteroatoms. The predicted octanol–water partition coefficient (Wildman–Crippen LogP) is 2.70. The highest BCUT2D eigenvalue weighted by atomic mass is 16.5. The zero-order chi connectivity index (χ0) is 18.6. The van der Waals surface area contributed by atoms with Gasteiger partial charge in [-0.2, -0.15) is 0 Å². The standard InChI is InChI=1S/C22H27N3O2/c1-27-19-10-8-16(9-11-19)22-18(14-24-25-22)13-23-21(26)12-17-7-6-15-4-2-3-5-20(15)17/h2-5,8-11,17-18,22,24-25H,6-7,12-14H2,1H3,(H,23,26). The minimum Gasteiger partial charge on any atom is -0.497 e. The molecule has 4 rings (SSSR count). The number of hydrogen-bond donors (Lipinski definition) is 3. The predicted molar refractivity (Wildman–Crippen MR) is 105 cm³/mol. The molecule has 5 nitrogen and oxygen atoms in total. The normalized spacial score (nSPS) is 23.8. The van der Waals surface area contributed by atoms with Gasteiger partial charge in [0.25, 0.3) is 0 Å². The number of hydrazine groups is 1. The van der Waals surface area contributed by atoms with Crippen LogP contribution >= 0.6 is 0 Å². The fraction of sp³-hybridized carbons (Fsp3) is 0.409. The van der Waals surface area contributed by atoms with Crippen molar-refractivity contribution in [1.82, 2.24) is 16.2 Å². The Morgan fingerprint density at radius 2 is 2.00 bits per heavy atom. The summed E-state index contributed by atoms with van der Waals surface area (Å²) in [5, 5.41) is 3.16. The molecule has 2 aromatic carbocycles. The molecule has 1 heterocycles. The van der Waals surface area contributed by atoms with Gasteiger partial charge in [0.15, 0.2) is 0 Å². The Morgan fingerprint density at radius 3 is 2.81 bits per heavy atom. The van der Waals surface area contributed by atoms with E-state index in [4.69, 9.17) is 4.74 Å². The molecule has 27 heavy (non-hydrogen) atoms. The number of fused-ring (bicyclic) bond motifs is 1. The highest BCUT2D eigenvalue weighted by Gasteiger charge is 2.29. The molecule has 1 saturated heterocycles. The first-order valence-corrected chi connectivity index (χ1v) is 9.71. The Labute approximate surface area is 160 Å². The van der Waals surface area contributed by atoms with Gasteiger partial charge in [0.1, 0.15) is 5.75 Å². The van der Waals surface area contributed by atoms with Crippen LogP contribution in [0.1, 0.15) is 41.5 Å². The second-order valence-corrected chi connectivity index (χ2v) is 7.48. The van der Waals surface area contributed by atoms with Gasteiger partial charge in [0.05, 0.1) is 13.2 Å². The number of ether oxygens (including phenoxy) is 1. The van der Waals surface area contributed by atoms with Gasteiger partial charge in [-0.3, -0.25) is 10.2 Å².